The van der Waals surface area contributed by atoms with Gasteiger partial charge < -0.3 is 9.88 Å². The number of hydrazine groups is 1. The van der Waals surface area contributed by atoms with E-state index in [0.29, 0.717) is 23.0 Å². The molecular weight excluding hydrogens is 372 g/mol. The zero-order chi connectivity index (χ0) is 18.3. The lowest BCUT2D eigenvalue weighted by Gasteiger charge is -2.27. The van der Waals surface area contributed by atoms with Crippen LogP contribution in [0.4, 0.5) is 4.79 Å². The van der Waals surface area contributed by atoms with Crippen molar-refractivity contribution in [1.82, 2.24) is 20.7 Å². The molecule has 0 atom stereocenters. The highest BCUT2D eigenvalue weighted by Crippen LogP contribution is 2.29. The summed E-state index contributed by atoms with van der Waals surface area (Å²) in [6.45, 7) is 2.97. The number of thiophene rings is 1. The molecule has 0 unspecified atom stereocenters. The fourth-order valence-electron chi connectivity index (χ4n) is 3.17. The molecule has 4 rings (SSSR count). The minimum atomic E-state index is -0.325. The van der Waals surface area contributed by atoms with Gasteiger partial charge in [0.15, 0.2) is 0 Å². The summed E-state index contributed by atoms with van der Waals surface area (Å²) < 4.78 is 0. The van der Waals surface area contributed by atoms with Gasteiger partial charge in [-0.25, -0.2) is 10.2 Å². The summed E-state index contributed by atoms with van der Waals surface area (Å²) in [5.74, 6) is -0.312. The van der Waals surface area contributed by atoms with E-state index in [9.17, 15) is 9.59 Å². The Balaban J connectivity index is 1.44. The van der Waals surface area contributed by atoms with Gasteiger partial charge in [0.25, 0.3) is 5.91 Å². The first-order valence-corrected chi connectivity index (χ1v) is 9.41. The van der Waals surface area contributed by atoms with Gasteiger partial charge in [-0.3, -0.25) is 10.2 Å². The van der Waals surface area contributed by atoms with E-state index in [0.717, 1.165) is 33.5 Å². The molecule has 1 aromatic carbocycles. The number of benzene rings is 1. The number of urea groups is 1. The molecule has 0 saturated heterocycles. The predicted octanol–water partition coefficient (Wildman–Crippen LogP) is 3.60. The van der Waals surface area contributed by atoms with Crippen LogP contribution in [0.1, 0.15) is 25.8 Å². The Labute approximate surface area is 159 Å². The summed E-state index contributed by atoms with van der Waals surface area (Å²) in [7, 11) is 0. The smallest absolute Gasteiger partial charge is 0.336 e. The van der Waals surface area contributed by atoms with Crippen LogP contribution in [0.15, 0.2) is 30.3 Å². The Bertz CT molecular complexity index is 1010. The van der Waals surface area contributed by atoms with E-state index in [2.05, 4.69) is 15.8 Å². The van der Waals surface area contributed by atoms with Crippen molar-refractivity contribution in [2.24, 2.45) is 0 Å². The number of hydrogen-bond acceptors (Lipinski definition) is 3. The van der Waals surface area contributed by atoms with Crippen LogP contribution in [0.5, 0.6) is 0 Å². The minimum Gasteiger partial charge on any atom is -0.358 e. The second-order valence-corrected chi connectivity index (χ2v) is 7.96. The molecule has 3 aromatic rings. The maximum Gasteiger partial charge on any atom is 0.336 e. The van der Waals surface area contributed by atoms with Crippen molar-refractivity contribution in [1.29, 1.82) is 0 Å². The Kier molecular flexibility index (Phi) is 4.34. The molecule has 3 heterocycles. The van der Waals surface area contributed by atoms with Gasteiger partial charge in [0.2, 0.25) is 0 Å². The quantitative estimate of drug-likeness (QED) is 0.557. The van der Waals surface area contributed by atoms with Crippen molar-refractivity contribution >= 4 is 45.8 Å². The van der Waals surface area contributed by atoms with Crippen molar-refractivity contribution in [3.8, 4) is 0 Å². The molecule has 134 valence electrons. The van der Waals surface area contributed by atoms with E-state index < -0.39 is 0 Å². The van der Waals surface area contributed by atoms with Gasteiger partial charge >= 0.3 is 6.03 Å². The fourth-order valence-corrected chi connectivity index (χ4v) is 4.10. The van der Waals surface area contributed by atoms with Crippen LogP contribution in [0.25, 0.3) is 10.9 Å². The van der Waals surface area contributed by atoms with Crippen molar-refractivity contribution in [2.45, 2.75) is 19.9 Å². The number of aromatic nitrogens is 1. The van der Waals surface area contributed by atoms with Gasteiger partial charge in [-0.2, -0.15) is 0 Å². The van der Waals surface area contributed by atoms with Gasteiger partial charge in [-0.1, -0.05) is 11.6 Å². The van der Waals surface area contributed by atoms with Crippen LogP contribution in [0, 0.1) is 6.92 Å². The normalized spacial score (nSPS) is 13.5. The van der Waals surface area contributed by atoms with Crippen LogP contribution in [0.3, 0.4) is 0 Å². The molecular formula is C18H17ClN4O2S. The lowest BCUT2D eigenvalue weighted by atomic mass is 10.0. The number of rotatable bonds is 1. The molecule has 1 aliphatic rings. The number of hydrogen-bond donors (Lipinski definition) is 3. The standard InChI is InChI=1S/C18H17ClN4O2S/c1-10-2-5-16(26-10)17(24)21-22-18(25)23-7-6-15-13(9-23)12-8-11(19)3-4-14(12)20-15/h2-5,8,20H,6-7,9H2,1H3,(H,21,24)(H,22,25). The largest absolute Gasteiger partial charge is 0.358 e. The van der Waals surface area contributed by atoms with E-state index in [1.165, 1.54) is 11.3 Å². The SMILES string of the molecule is Cc1ccc(C(=O)NNC(=O)N2CCc3[nH]c4ccc(Cl)cc4c3C2)s1. The molecule has 1 aliphatic heterocycles. The molecule has 0 spiro atoms. The highest BCUT2D eigenvalue weighted by Gasteiger charge is 2.24. The van der Waals surface area contributed by atoms with Gasteiger partial charge in [0.05, 0.1) is 4.88 Å². The summed E-state index contributed by atoms with van der Waals surface area (Å²) in [5, 5.41) is 1.70. The van der Waals surface area contributed by atoms with Crippen LogP contribution >= 0.6 is 22.9 Å². The third-order valence-electron chi connectivity index (χ3n) is 4.47. The molecule has 6 nitrogen and oxygen atoms in total. The van der Waals surface area contributed by atoms with Gasteiger partial charge in [0.1, 0.15) is 0 Å². The fraction of sp³-hybridized carbons (Fsp3) is 0.222. The lowest BCUT2D eigenvalue weighted by Crippen LogP contribution is -2.49. The molecule has 0 bridgehead atoms. The van der Waals surface area contributed by atoms with Crippen molar-refractivity contribution in [3.05, 3.63) is 56.4 Å². The number of halogens is 1. The molecule has 0 saturated carbocycles. The second kappa shape index (κ2) is 6.66. The highest BCUT2D eigenvalue weighted by molar-refractivity contribution is 7.13. The molecule has 0 aliphatic carbocycles. The maximum absolute atomic E-state index is 12.4. The average molecular weight is 389 g/mol. The third-order valence-corrected chi connectivity index (χ3v) is 5.71. The van der Waals surface area contributed by atoms with E-state index in [1.54, 1.807) is 11.0 Å². The van der Waals surface area contributed by atoms with Crippen molar-refractivity contribution in [2.75, 3.05) is 6.54 Å². The molecule has 3 N–H and O–H groups in total. The number of fused-ring (bicyclic) bond motifs is 3. The number of amides is 3. The first kappa shape index (κ1) is 16.9. The highest BCUT2D eigenvalue weighted by atomic mass is 35.5. The van der Waals surface area contributed by atoms with Crippen LogP contribution in [-0.4, -0.2) is 28.4 Å². The molecule has 2 aromatic heterocycles. The Morgan fingerprint density at radius 3 is 2.85 bits per heavy atom. The molecule has 3 amide bonds. The second-order valence-electron chi connectivity index (χ2n) is 6.24. The van der Waals surface area contributed by atoms with Gasteiger partial charge in [-0.15, -0.1) is 11.3 Å². The monoisotopic (exact) mass is 388 g/mol. The van der Waals surface area contributed by atoms with E-state index in [-0.39, 0.29) is 11.9 Å². The van der Waals surface area contributed by atoms with Crippen LogP contribution in [-0.2, 0) is 13.0 Å². The molecule has 26 heavy (non-hydrogen) atoms. The van der Waals surface area contributed by atoms with Crippen molar-refractivity contribution < 1.29 is 9.59 Å². The minimum absolute atomic E-state index is 0.312. The Hall–Kier alpha value is -2.51. The summed E-state index contributed by atoms with van der Waals surface area (Å²) >= 11 is 7.49. The average Bonchev–Trinajstić information content (AvgIpc) is 3.22. The molecule has 0 fully saturated rings. The Morgan fingerprint density at radius 1 is 1.23 bits per heavy atom. The Morgan fingerprint density at radius 2 is 2.08 bits per heavy atom. The number of aryl methyl sites for hydroxylation is 1. The molecule has 0 radical (unpaired) electrons. The predicted molar refractivity (Wildman–Crippen MR) is 102 cm³/mol. The summed E-state index contributed by atoms with van der Waals surface area (Å²) in [4.78, 5) is 31.2. The third kappa shape index (κ3) is 3.15. The number of carbonyl (C=O) groups is 2. The number of aromatic amines is 1. The first-order valence-electron chi connectivity index (χ1n) is 8.22. The number of H-pyrrole nitrogens is 1. The van der Waals surface area contributed by atoms with Crippen LogP contribution < -0.4 is 10.9 Å². The first-order chi connectivity index (χ1) is 12.5. The van der Waals surface area contributed by atoms with Crippen LogP contribution in [0.2, 0.25) is 5.02 Å². The number of nitrogens with one attached hydrogen (secondary N) is 3. The zero-order valence-corrected chi connectivity index (χ0v) is 15.6. The zero-order valence-electron chi connectivity index (χ0n) is 14.1. The summed E-state index contributed by atoms with van der Waals surface area (Å²) in [6.07, 6.45) is 0.729. The maximum atomic E-state index is 12.4. The van der Waals surface area contributed by atoms with E-state index in [4.69, 9.17) is 11.6 Å². The summed E-state index contributed by atoms with van der Waals surface area (Å²) in [6, 6.07) is 8.99. The van der Waals surface area contributed by atoms with E-state index >= 15 is 0 Å². The van der Waals surface area contributed by atoms with Gasteiger partial charge in [0, 0.05) is 51.6 Å². The topological polar surface area (TPSA) is 77.2 Å². The van der Waals surface area contributed by atoms with Crippen molar-refractivity contribution in [3.63, 3.8) is 0 Å². The summed E-state index contributed by atoms with van der Waals surface area (Å²) in [5.41, 5.74) is 8.19. The lowest BCUT2D eigenvalue weighted by molar-refractivity contribution is 0.0933. The van der Waals surface area contributed by atoms with Gasteiger partial charge in [-0.05, 0) is 37.3 Å². The number of carbonyl (C=O) groups excluding carboxylic acids is 2. The number of nitrogens with zero attached hydrogens (tertiary/aromatic N) is 1. The molecule has 8 heteroatoms. The van der Waals surface area contributed by atoms with E-state index in [1.807, 2.05) is 31.2 Å².